The first-order valence-corrected chi connectivity index (χ1v) is 8.63. The average molecular weight is 320 g/mol. The van der Waals surface area contributed by atoms with Crippen molar-refractivity contribution < 1.29 is 14.7 Å². The summed E-state index contributed by atoms with van der Waals surface area (Å²) in [7, 11) is 0. The number of likely N-dealkylation sites (tertiary alicyclic amines) is 1. The van der Waals surface area contributed by atoms with Crippen LogP contribution in [-0.2, 0) is 4.79 Å². The summed E-state index contributed by atoms with van der Waals surface area (Å²) >= 11 is 1.82. The van der Waals surface area contributed by atoms with E-state index in [2.05, 4.69) is 17.4 Å². The Hall–Kier alpha value is -1.69. The highest BCUT2D eigenvalue weighted by Crippen LogP contribution is 2.35. The number of carbonyl (C=O) groups excluding carboxylic acids is 1. The van der Waals surface area contributed by atoms with Gasteiger partial charge in [0, 0.05) is 23.7 Å². The largest absolute Gasteiger partial charge is 0.481 e. The van der Waals surface area contributed by atoms with Gasteiger partial charge < -0.3 is 15.3 Å². The Labute approximate surface area is 134 Å². The number of benzene rings is 1. The third kappa shape index (κ3) is 3.21. The molecule has 1 aromatic rings. The molecule has 2 atom stereocenters. The third-order valence-corrected chi connectivity index (χ3v) is 5.44. The molecule has 1 saturated heterocycles. The van der Waals surface area contributed by atoms with Crippen LogP contribution in [0.3, 0.4) is 0 Å². The molecule has 22 heavy (non-hydrogen) atoms. The lowest BCUT2D eigenvalue weighted by Gasteiger charge is -2.33. The molecule has 0 radical (unpaired) electrons. The van der Waals surface area contributed by atoms with E-state index in [1.165, 1.54) is 10.5 Å². The maximum absolute atomic E-state index is 12.5. The van der Waals surface area contributed by atoms with Crippen LogP contribution in [0.25, 0.3) is 0 Å². The molecule has 2 aliphatic heterocycles. The molecule has 0 saturated carbocycles. The van der Waals surface area contributed by atoms with E-state index in [9.17, 15) is 9.59 Å². The van der Waals surface area contributed by atoms with Gasteiger partial charge in [0.25, 0.3) is 0 Å². The molecule has 1 fully saturated rings. The summed E-state index contributed by atoms with van der Waals surface area (Å²) in [6, 6.07) is 8.03. The SMILES string of the molecule is O=C(O)C1CCCN(C(=O)NC2CCSc3ccccc32)C1. The van der Waals surface area contributed by atoms with E-state index in [4.69, 9.17) is 5.11 Å². The number of hydrogen-bond acceptors (Lipinski definition) is 3. The molecule has 0 spiro atoms. The van der Waals surface area contributed by atoms with Crippen LogP contribution in [0.4, 0.5) is 4.79 Å². The molecule has 0 aliphatic carbocycles. The maximum atomic E-state index is 12.5. The summed E-state index contributed by atoms with van der Waals surface area (Å²) in [5.41, 5.74) is 1.17. The highest BCUT2D eigenvalue weighted by molar-refractivity contribution is 7.99. The van der Waals surface area contributed by atoms with Crippen molar-refractivity contribution in [3.63, 3.8) is 0 Å². The summed E-state index contributed by atoms with van der Waals surface area (Å²) in [4.78, 5) is 26.4. The van der Waals surface area contributed by atoms with Crippen LogP contribution < -0.4 is 5.32 Å². The fourth-order valence-corrected chi connectivity index (χ4v) is 4.22. The molecular formula is C16H20N2O3S. The molecule has 2 aliphatic rings. The minimum Gasteiger partial charge on any atom is -0.481 e. The van der Waals surface area contributed by atoms with Gasteiger partial charge in [-0.2, -0.15) is 0 Å². The van der Waals surface area contributed by atoms with Crippen molar-refractivity contribution >= 4 is 23.8 Å². The van der Waals surface area contributed by atoms with Gasteiger partial charge in [-0.25, -0.2) is 4.79 Å². The standard InChI is InChI=1S/C16H20N2O3S/c19-15(20)11-4-3-8-18(10-11)16(21)17-13-7-9-22-14-6-2-1-5-12(13)14/h1-2,5-6,11,13H,3-4,7-10H2,(H,17,21)(H,19,20). The number of carboxylic acid groups (broad SMARTS) is 1. The van der Waals surface area contributed by atoms with Crippen LogP contribution in [0.15, 0.2) is 29.2 Å². The summed E-state index contributed by atoms with van der Waals surface area (Å²) in [6.45, 7) is 0.947. The minimum absolute atomic E-state index is 0.0233. The zero-order chi connectivity index (χ0) is 15.5. The number of nitrogens with zero attached hydrogens (tertiary/aromatic N) is 1. The molecule has 2 N–H and O–H groups in total. The second-order valence-corrected chi connectivity index (χ2v) is 6.94. The first-order valence-electron chi connectivity index (χ1n) is 7.65. The number of amides is 2. The van der Waals surface area contributed by atoms with Crippen LogP contribution in [0, 0.1) is 5.92 Å². The van der Waals surface area contributed by atoms with E-state index in [1.807, 2.05) is 23.9 Å². The van der Waals surface area contributed by atoms with Gasteiger partial charge in [0.05, 0.1) is 12.0 Å². The first-order chi connectivity index (χ1) is 10.6. The van der Waals surface area contributed by atoms with E-state index < -0.39 is 11.9 Å². The van der Waals surface area contributed by atoms with Crippen LogP contribution in [0.2, 0.25) is 0 Å². The van der Waals surface area contributed by atoms with E-state index in [1.54, 1.807) is 4.90 Å². The highest BCUT2D eigenvalue weighted by atomic mass is 32.2. The number of carboxylic acids is 1. The Kier molecular flexibility index (Phi) is 4.57. The number of carbonyl (C=O) groups is 2. The van der Waals surface area contributed by atoms with Crippen LogP contribution >= 0.6 is 11.8 Å². The Bertz CT molecular complexity index is 578. The van der Waals surface area contributed by atoms with Crippen molar-refractivity contribution in [3.05, 3.63) is 29.8 Å². The number of thioether (sulfide) groups is 1. The summed E-state index contributed by atoms with van der Waals surface area (Å²) < 4.78 is 0. The number of hydrogen-bond donors (Lipinski definition) is 2. The highest BCUT2D eigenvalue weighted by Gasteiger charge is 2.30. The van der Waals surface area contributed by atoms with Gasteiger partial charge in [-0.3, -0.25) is 4.79 Å². The number of fused-ring (bicyclic) bond motifs is 1. The van der Waals surface area contributed by atoms with Crippen LogP contribution in [0.1, 0.15) is 30.9 Å². The van der Waals surface area contributed by atoms with Crippen molar-refractivity contribution in [2.45, 2.75) is 30.2 Å². The fourth-order valence-electron chi connectivity index (χ4n) is 3.10. The van der Waals surface area contributed by atoms with E-state index in [-0.39, 0.29) is 12.1 Å². The van der Waals surface area contributed by atoms with E-state index in [0.29, 0.717) is 19.5 Å². The smallest absolute Gasteiger partial charge is 0.317 e. The van der Waals surface area contributed by atoms with Crippen molar-refractivity contribution in [2.75, 3.05) is 18.8 Å². The third-order valence-electron chi connectivity index (χ3n) is 4.31. The zero-order valence-electron chi connectivity index (χ0n) is 12.3. The number of piperidine rings is 1. The van der Waals surface area contributed by atoms with Gasteiger partial charge in [-0.1, -0.05) is 18.2 Å². The average Bonchev–Trinajstić information content (AvgIpc) is 2.55. The first kappa shape index (κ1) is 15.2. The lowest BCUT2D eigenvalue weighted by molar-refractivity contribution is -0.143. The summed E-state index contributed by atoms with van der Waals surface area (Å²) in [5, 5.41) is 12.2. The summed E-state index contributed by atoms with van der Waals surface area (Å²) in [6.07, 6.45) is 2.31. The molecule has 0 aromatic heterocycles. The monoisotopic (exact) mass is 320 g/mol. The molecule has 2 amide bonds. The van der Waals surface area contributed by atoms with E-state index in [0.717, 1.165) is 18.6 Å². The number of rotatable bonds is 2. The molecular weight excluding hydrogens is 300 g/mol. The Balaban J connectivity index is 1.66. The minimum atomic E-state index is -0.808. The molecule has 5 nitrogen and oxygen atoms in total. The Morgan fingerprint density at radius 3 is 2.91 bits per heavy atom. The lowest BCUT2D eigenvalue weighted by atomic mass is 9.98. The molecule has 3 rings (SSSR count). The quantitative estimate of drug-likeness (QED) is 0.879. The van der Waals surface area contributed by atoms with E-state index >= 15 is 0 Å². The van der Waals surface area contributed by atoms with Gasteiger partial charge in [-0.05, 0) is 30.9 Å². The van der Waals surface area contributed by atoms with Crippen LogP contribution in [0.5, 0.6) is 0 Å². The lowest BCUT2D eigenvalue weighted by Crippen LogP contribution is -2.48. The van der Waals surface area contributed by atoms with Gasteiger partial charge in [0.2, 0.25) is 0 Å². The topological polar surface area (TPSA) is 69.6 Å². The van der Waals surface area contributed by atoms with Crippen molar-refractivity contribution in [2.24, 2.45) is 5.92 Å². The maximum Gasteiger partial charge on any atom is 0.317 e. The predicted octanol–water partition coefficient (Wildman–Crippen LogP) is 2.73. The Morgan fingerprint density at radius 2 is 2.09 bits per heavy atom. The molecule has 118 valence electrons. The molecule has 2 unspecified atom stereocenters. The summed E-state index contributed by atoms with van der Waals surface area (Å²) in [5.74, 6) is -0.259. The number of aliphatic carboxylic acids is 1. The van der Waals surface area contributed by atoms with Crippen LogP contribution in [-0.4, -0.2) is 40.8 Å². The zero-order valence-corrected chi connectivity index (χ0v) is 13.1. The second kappa shape index (κ2) is 6.60. The predicted molar refractivity (Wildman–Crippen MR) is 85.0 cm³/mol. The molecule has 1 aromatic carbocycles. The molecule has 0 bridgehead atoms. The van der Waals surface area contributed by atoms with Gasteiger partial charge in [0.1, 0.15) is 0 Å². The van der Waals surface area contributed by atoms with Crippen molar-refractivity contribution in [1.29, 1.82) is 0 Å². The second-order valence-electron chi connectivity index (χ2n) is 5.80. The van der Waals surface area contributed by atoms with Gasteiger partial charge in [-0.15, -0.1) is 11.8 Å². The Morgan fingerprint density at radius 1 is 1.27 bits per heavy atom. The number of urea groups is 1. The van der Waals surface area contributed by atoms with Gasteiger partial charge >= 0.3 is 12.0 Å². The van der Waals surface area contributed by atoms with Crippen molar-refractivity contribution in [3.8, 4) is 0 Å². The molecule has 6 heteroatoms. The van der Waals surface area contributed by atoms with Gasteiger partial charge in [0.15, 0.2) is 0 Å². The fraction of sp³-hybridized carbons (Fsp3) is 0.500. The molecule has 2 heterocycles. The van der Waals surface area contributed by atoms with Crippen molar-refractivity contribution in [1.82, 2.24) is 10.2 Å². The number of nitrogens with one attached hydrogen (secondary N) is 1. The normalized spacial score (nSPS) is 24.5.